The van der Waals surface area contributed by atoms with E-state index in [2.05, 4.69) is 13.8 Å². The van der Waals surface area contributed by atoms with Crippen LogP contribution in [0.2, 0.25) is 0 Å². The topological polar surface area (TPSA) is 45.8 Å². The zero-order valence-corrected chi connectivity index (χ0v) is 8.56. The van der Waals surface area contributed by atoms with E-state index in [1.807, 2.05) is 6.92 Å². The first kappa shape index (κ1) is 11.6. The molecule has 0 spiro atoms. The van der Waals surface area contributed by atoms with Gasteiger partial charge in [0.2, 0.25) is 0 Å². The molecule has 0 aliphatic heterocycles. The molecular weight excluding hydrogens is 150 g/mol. The number of aliphatic hydroxyl groups is 1. The number of hydrogen-bond acceptors (Lipinski definition) is 1. The molecule has 0 saturated carbocycles. The van der Waals surface area contributed by atoms with Crippen molar-refractivity contribution in [1.29, 1.82) is 0 Å². The van der Waals surface area contributed by atoms with Crippen molar-refractivity contribution in [3.8, 4) is 0 Å². The lowest BCUT2D eigenvalue weighted by Crippen LogP contribution is -2.37. The molecule has 0 bridgehead atoms. The highest BCUT2D eigenvalue weighted by atomic mass is 16.3. The number of rotatable bonds is 6. The maximum Gasteiger partial charge on any atom is 0.145 e. The Morgan fingerprint density at radius 3 is 2.42 bits per heavy atom. The zero-order valence-electron chi connectivity index (χ0n) is 8.56. The number of hydrogen-bond donors (Lipinski definition) is 2. The Bertz CT molecular complexity index is 139. The Morgan fingerprint density at radius 2 is 2.08 bits per heavy atom. The monoisotopic (exact) mass is 172 g/mol. The Balaban J connectivity index is 3.65. The van der Waals surface area contributed by atoms with Gasteiger partial charge in [-0.3, -0.25) is 5.41 Å². The lowest BCUT2D eigenvalue weighted by molar-refractivity contribution is -0.117. The van der Waals surface area contributed by atoms with E-state index >= 15 is 0 Å². The predicted molar refractivity (Wildman–Crippen MR) is 51.9 cm³/mol. The highest BCUT2D eigenvalue weighted by Crippen LogP contribution is 2.26. The molecule has 0 radical (unpaired) electrons. The first-order valence-corrected chi connectivity index (χ1v) is 4.73. The summed E-state index contributed by atoms with van der Waals surface area (Å²) in [7, 11) is 0. The molecule has 3 N–H and O–H groups in total. The highest BCUT2D eigenvalue weighted by Gasteiger charge is 2.20. The van der Waals surface area contributed by atoms with Crippen LogP contribution in [0.5, 0.6) is 0 Å². The standard InChI is InChI=1S/C10H21NO/c1-4-10(3,8-12)7-5-6-9(2)11/h11-12H,4-8H2,1-3H3/p+1. The zero-order chi connectivity index (χ0) is 9.61. The van der Waals surface area contributed by atoms with Gasteiger partial charge in [-0.05, 0) is 24.7 Å². The fraction of sp³-hybridized carbons (Fsp3) is 0.900. The summed E-state index contributed by atoms with van der Waals surface area (Å²) in [5.41, 5.74) is 1.10. The van der Waals surface area contributed by atoms with Gasteiger partial charge in [0.05, 0.1) is 0 Å². The molecular formula is C10H22NO+. The fourth-order valence-electron chi connectivity index (χ4n) is 1.16. The Morgan fingerprint density at radius 1 is 1.50 bits per heavy atom. The summed E-state index contributed by atoms with van der Waals surface area (Å²) in [6.07, 6.45) is 4.17. The molecule has 0 aromatic carbocycles. The third-order valence-electron chi connectivity index (χ3n) is 2.59. The fourth-order valence-corrected chi connectivity index (χ4v) is 1.16. The van der Waals surface area contributed by atoms with Crippen molar-refractivity contribution in [1.82, 2.24) is 0 Å². The summed E-state index contributed by atoms with van der Waals surface area (Å²) >= 11 is 0. The highest BCUT2D eigenvalue weighted by molar-refractivity contribution is 5.75. The second kappa shape index (κ2) is 5.31. The molecule has 0 heterocycles. The summed E-state index contributed by atoms with van der Waals surface area (Å²) in [5, 5.41) is 14.7. The Kier molecular flexibility index (Phi) is 5.14. The molecule has 2 heteroatoms. The molecule has 2 nitrogen and oxygen atoms in total. The molecule has 0 aliphatic carbocycles. The first-order valence-electron chi connectivity index (χ1n) is 4.73. The maximum absolute atomic E-state index is 9.11. The molecule has 0 aromatic rings. The second-order valence-electron chi connectivity index (χ2n) is 4.02. The van der Waals surface area contributed by atoms with Crippen LogP contribution in [0.25, 0.3) is 0 Å². The summed E-state index contributed by atoms with van der Waals surface area (Å²) in [5.74, 6) is 0. The van der Waals surface area contributed by atoms with Gasteiger partial charge in [0, 0.05) is 20.0 Å². The van der Waals surface area contributed by atoms with Crippen LogP contribution in [0.3, 0.4) is 0 Å². The van der Waals surface area contributed by atoms with Crippen molar-refractivity contribution in [2.75, 3.05) is 6.61 Å². The van der Waals surface area contributed by atoms with E-state index in [-0.39, 0.29) is 12.0 Å². The minimum absolute atomic E-state index is 0.107. The van der Waals surface area contributed by atoms with E-state index in [1.165, 1.54) is 0 Å². The van der Waals surface area contributed by atoms with Crippen LogP contribution in [-0.4, -0.2) is 17.4 Å². The molecule has 0 amide bonds. The van der Waals surface area contributed by atoms with Crippen LogP contribution < -0.4 is 5.41 Å². The van der Waals surface area contributed by atoms with Crippen molar-refractivity contribution >= 4 is 5.71 Å². The van der Waals surface area contributed by atoms with E-state index in [0.717, 1.165) is 31.4 Å². The van der Waals surface area contributed by atoms with Gasteiger partial charge in [-0.25, -0.2) is 0 Å². The molecule has 0 fully saturated rings. The van der Waals surface area contributed by atoms with Gasteiger partial charge in [0.15, 0.2) is 0 Å². The molecule has 0 aromatic heterocycles. The van der Waals surface area contributed by atoms with Crippen molar-refractivity contribution in [2.45, 2.75) is 46.5 Å². The normalized spacial score (nSPS) is 15.7. The largest absolute Gasteiger partial charge is 0.396 e. The van der Waals surface area contributed by atoms with Crippen LogP contribution in [0.4, 0.5) is 0 Å². The minimum Gasteiger partial charge on any atom is -0.396 e. The van der Waals surface area contributed by atoms with Crippen LogP contribution in [0.1, 0.15) is 46.5 Å². The molecule has 1 unspecified atom stereocenters. The van der Waals surface area contributed by atoms with Gasteiger partial charge in [0.1, 0.15) is 5.71 Å². The second-order valence-corrected chi connectivity index (χ2v) is 4.02. The SMILES string of the molecule is CCC(C)(CO)CCCC(C)=[NH2+]. The summed E-state index contributed by atoms with van der Waals surface area (Å²) < 4.78 is 0. The van der Waals surface area contributed by atoms with Gasteiger partial charge in [-0.2, -0.15) is 0 Å². The van der Waals surface area contributed by atoms with E-state index in [1.54, 1.807) is 0 Å². The van der Waals surface area contributed by atoms with Crippen LogP contribution in [0, 0.1) is 5.41 Å². The average Bonchev–Trinajstić information content (AvgIpc) is 2.03. The van der Waals surface area contributed by atoms with Crippen molar-refractivity contribution in [3.05, 3.63) is 0 Å². The smallest absolute Gasteiger partial charge is 0.145 e. The van der Waals surface area contributed by atoms with Gasteiger partial charge in [-0.15, -0.1) is 0 Å². The van der Waals surface area contributed by atoms with Crippen LogP contribution >= 0.6 is 0 Å². The first-order chi connectivity index (χ1) is 5.54. The summed E-state index contributed by atoms with van der Waals surface area (Å²) in [4.78, 5) is 0. The number of nitrogens with two attached hydrogens (primary N) is 1. The molecule has 1 atom stereocenters. The van der Waals surface area contributed by atoms with E-state index in [9.17, 15) is 0 Å². The summed E-state index contributed by atoms with van der Waals surface area (Å²) in [6.45, 7) is 6.48. The van der Waals surface area contributed by atoms with Gasteiger partial charge in [0.25, 0.3) is 0 Å². The Labute approximate surface area is 75.5 Å². The quantitative estimate of drug-likeness (QED) is 0.572. The van der Waals surface area contributed by atoms with Crippen LogP contribution in [-0.2, 0) is 0 Å². The van der Waals surface area contributed by atoms with Gasteiger partial charge < -0.3 is 5.11 Å². The van der Waals surface area contributed by atoms with Crippen molar-refractivity contribution in [3.63, 3.8) is 0 Å². The molecule has 0 saturated heterocycles. The average molecular weight is 172 g/mol. The van der Waals surface area contributed by atoms with Crippen LogP contribution in [0.15, 0.2) is 0 Å². The molecule has 72 valence electrons. The third kappa shape index (κ3) is 4.50. The molecule has 0 aliphatic rings. The van der Waals surface area contributed by atoms with E-state index in [0.29, 0.717) is 0 Å². The van der Waals surface area contributed by atoms with Gasteiger partial charge in [-0.1, -0.05) is 13.8 Å². The minimum atomic E-state index is 0.107. The summed E-state index contributed by atoms with van der Waals surface area (Å²) in [6, 6.07) is 0. The van der Waals surface area contributed by atoms with Crippen molar-refractivity contribution < 1.29 is 10.5 Å². The Hall–Kier alpha value is -0.370. The van der Waals surface area contributed by atoms with Crippen molar-refractivity contribution in [2.24, 2.45) is 5.41 Å². The predicted octanol–water partition coefficient (Wildman–Crippen LogP) is 0.785. The lowest BCUT2D eigenvalue weighted by Gasteiger charge is -2.24. The third-order valence-corrected chi connectivity index (χ3v) is 2.59. The molecule has 12 heavy (non-hydrogen) atoms. The number of aliphatic hydroxyl groups excluding tert-OH is 1. The lowest BCUT2D eigenvalue weighted by atomic mass is 9.83. The van der Waals surface area contributed by atoms with E-state index < -0.39 is 0 Å². The van der Waals surface area contributed by atoms with Gasteiger partial charge >= 0.3 is 0 Å². The maximum atomic E-state index is 9.11. The molecule has 0 rings (SSSR count). The van der Waals surface area contributed by atoms with E-state index in [4.69, 9.17) is 10.5 Å².